The Morgan fingerprint density at radius 1 is 1.34 bits per heavy atom. The van der Waals surface area contributed by atoms with Crippen molar-refractivity contribution < 1.29 is 9.84 Å². The molecule has 198 valence electrons. The van der Waals surface area contributed by atoms with Gasteiger partial charge < -0.3 is 20.1 Å². The average molecular weight is 540 g/mol. The predicted molar refractivity (Wildman–Crippen MR) is 144 cm³/mol. The number of aliphatic imine (C=N–C) groups is 2. The number of aliphatic hydroxyl groups is 1. The zero-order chi connectivity index (χ0) is 27.2. The number of ether oxygens (including phenoxy) is 1. The average Bonchev–Trinajstić information content (AvgIpc) is 3.54. The van der Waals surface area contributed by atoms with Crippen LogP contribution >= 0.6 is 11.6 Å². The van der Waals surface area contributed by atoms with Gasteiger partial charge in [0.1, 0.15) is 12.1 Å². The molecule has 0 bridgehead atoms. The summed E-state index contributed by atoms with van der Waals surface area (Å²) in [5.74, 6) is 0.838. The molecule has 1 fully saturated rings. The minimum Gasteiger partial charge on any atom is -0.394 e. The Balaban J connectivity index is 0.000000177. The second-order valence-corrected chi connectivity index (χ2v) is 8.97. The smallest absolute Gasteiger partial charge is 0.330 e. The third-order valence-electron chi connectivity index (χ3n) is 6.07. The first-order valence-corrected chi connectivity index (χ1v) is 12.1. The molecule has 0 saturated carbocycles. The molecule has 3 aromatic rings. The molecule has 4 N–H and O–H groups in total. The molecule has 0 aliphatic carbocycles. The molecule has 1 saturated heterocycles. The van der Waals surface area contributed by atoms with Crippen molar-refractivity contribution in [3.63, 3.8) is 0 Å². The van der Waals surface area contributed by atoms with Gasteiger partial charge >= 0.3 is 5.69 Å². The molecule has 5 rings (SSSR count). The number of aliphatic hydroxyl groups excluding tert-OH is 1. The monoisotopic (exact) mass is 539 g/mol. The fourth-order valence-electron chi connectivity index (χ4n) is 4.13. The van der Waals surface area contributed by atoms with Crippen LogP contribution in [0.2, 0.25) is 5.02 Å². The predicted octanol–water partition coefficient (Wildman–Crippen LogP) is 2.76. The van der Waals surface area contributed by atoms with Crippen LogP contribution in [0.3, 0.4) is 0 Å². The highest BCUT2D eigenvalue weighted by Crippen LogP contribution is 2.30. The number of benzodiazepines with no additional fused rings is 1. The van der Waals surface area contributed by atoms with Crippen LogP contribution in [0.15, 0.2) is 67.4 Å². The lowest BCUT2D eigenvalue weighted by atomic mass is 10.1. The van der Waals surface area contributed by atoms with E-state index in [0.717, 1.165) is 28.5 Å². The van der Waals surface area contributed by atoms with Gasteiger partial charge in [0.05, 0.1) is 36.7 Å². The number of hydrogen-bond acceptors (Lipinski definition) is 7. The molecule has 2 aliphatic heterocycles. The van der Waals surface area contributed by atoms with Gasteiger partial charge in [-0.15, -0.1) is 0 Å². The first-order valence-electron chi connectivity index (χ1n) is 11.7. The third-order valence-corrected chi connectivity index (χ3v) is 6.30. The maximum absolute atomic E-state index is 11.7. The first kappa shape index (κ1) is 26.9. The molecular weight excluding hydrogens is 514 g/mol. The number of fused-ring (bicyclic) bond motifs is 1. The molecule has 3 atom stereocenters. The maximum atomic E-state index is 11.7. The summed E-state index contributed by atoms with van der Waals surface area (Å²) in [7, 11) is 1.76. The molecular formula is C24H26ClN9O4. The lowest BCUT2D eigenvalue weighted by Crippen LogP contribution is -2.33. The van der Waals surface area contributed by atoms with Crippen molar-refractivity contribution >= 4 is 28.8 Å². The number of hydrogen-bond donors (Lipinski definition) is 4. The van der Waals surface area contributed by atoms with E-state index in [1.54, 1.807) is 14.0 Å². The van der Waals surface area contributed by atoms with Gasteiger partial charge in [-0.2, -0.15) is 0 Å². The summed E-state index contributed by atoms with van der Waals surface area (Å²) in [6.45, 7) is 1.78. The first-order chi connectivity index (χ1) is 18.3. The van der Waals surface area contributed by atoms with Crippen molar-refractivity contribution in [1.29, 1.82) is 0 Å². The lowest BCUT2D eigenvalue weighted by molar-refractivity contribution is -0.0271. The Bertz CT molecular complexity index is 1520. The minimum atomic E-state index is -0.671. The van der Waals surface area contributed by atoms with Gasteiger partial charge in [-0.1, -0.05) is 16.7 Å². The van der Waals surface area contributed by atoms with Crippen LogP contribution < -0.4 is 16.6 Å². The van der Waals surface area contributed by atoms with E-state index >= 15 is 0 Å². The van der Waals surface area contributed by atoms with Crippen LogP contribution in [0.4, 0.5) is 5.69 Å². The van der Waals surface area contributed by atoms with Crippen molar-refractivity contribution in [1.82, 2.24) is 14.5 Å². The number of aromatic amines is 2. The number of benzene rings is 1. The Morgan fingerprint density at radius 3 is 2.84 bits per heavy atom. The number of amidine groups is 1. The number of halogens is 1. The van der Waals surface area contributed by atoms with Gasteiger partial charge in [-0.3, -0.25) is 24.3 Å². The summed E-state index contributed by atoms with van der Waals surface area (Å²) in [5, 5.41) is 16.7. The normalized spacial score (nSPS) is 21.3. The number of anilines is 1. The van der Waals surface area contributed by atoms with Crippen LogP contribution in [0, 0.1) is 6.92 Å². The van der Waals surface area contributed by atoms with Crippen LogP contribution in [0.25, 0.3) is 10.4 Å². The Hall–Kier alpha value is -4.16. The third kappa shape index (κ3) is 5.87. The van der Waals surface area contributed by atoms with Crippen molar-refractivity contribution in [2.75, 3.05) is 25.5 Å². The van der Waals surface area contributed by atoms with E-state index in [0.29, 0.717) is 17.1 Å². The van der Waals surface area contributed by atoms with Gasteiger partial charge in [0.2, 0.25) is 0 Å². The maximum Gasteiger partial charge on any atom is 0.330 e. The summed E-state index contributed by atoms with van der Waals surface area (Å²) in [6, 6.07) is 9.14. The van der Waals surface area contributed by atoms with Crippen LogP contribution in [0.1, 0.15) is 29.5 Å². The second kappa shape index (κ2) is 11.9. The summed E-state index contributed by atoms with van der Waals surface area (Å²) in [5.41, 5.74) is 11.6. The van der Waals surface area contributed by atoms with E-state index in [-0.39, 0.29) is 13.0 Å². The Labute approximate surface area is 221 Å². The molecule has 38 heavy (non-hydrogen) atoms. The van der Waals surface area contributed by atoms with E-state index < -0.39 is 29.6 Å². The van der Waals surface area contributed by atoms with Crippen LogP contribution in [0.5, 0.6) is 0 Å². The van der Waals surface area contributed by atoms with Crippen LogP contribution in [-0.2, 0) is 4.74 Å². The van der Waals surface area contributed by atoms with E-state index in [2.05, 4.69) is 35.3 Å². The molecule has 0 radical (unpaired) electrons. The second-order valence-electron chi connectivity index (χ2n) is 8.53. The number of rotatable bonds is 4. The molecule has 0 amide bonds. The van der Waals surface area contributed by atoms with Crippen LogP contribution in [-0.4, -0.2) is 63.5 Å². The zero-order valence-electron chi connectivity index (χ0n) is 20.6. The number of H-pyrrole nitrogens is 2. The quantitative estimate of drug-likeness (QED) is 0.225. The standard InChI is InChI=1S/C14H13ClN4.C10H13N5O4/c1-16-13-8-18-14(12-3-2-6-17-12)10-7-9(15)4-5-11(10)19-13;1-5-3-15(10(18)12-9(5)17)8-2-6(13-14-11)7(4-16)19-8/h2-7,17H,8H2,1H3,(H,16,19);3,6-8,16H,2,4H2,1H3,(H,12,17,18)/t;6-,7+,8+/m.0/s1. The Kier molecular flexibility index (Phi) is 8.44. The molecule has 14 heteroatoms. The zero-order valence-corrected chi connectivity index (χ0v) is 21.4. The molecule has 0 unspecified atom stereocenters. The van der Waals surface area contributed by atoms with E-state index in [9.17, 15) is 9.59 Å². The largest absolute Gasteiger partial charge is 0.394 e. The van der Waals surface area contributed by atoms with Gasteiger partial charge in [0, 0.05) is 52.6 Å². The molecule has 0 spiro atoms. The molecule has 13 nitrogen and oxygen atoms in total. The summed E-state index contributed by atoms with van der Waals surface area (Å²) >= 11 is 6.10. The van der Waals surface area contributed by atoms with Crippen molar-refractivity contribution in [2.45, 2.75) is 31.7 Å². The molecule has 4 heterocycles. The van der Waals surface area contributed by atoms with Gasteiger partial charge in [0.25, 0.3) is 5.56 Å². The fourth-order valence-corrected chi connectivity index (χ4v) is 4.30. The molecule has 2 aliphatic rings. The SMILES string of the molecule is CN=C1CN=C(c2ccc[nH]2)c2cc(Cl)ccc2N1.Cc1cn([C@H]2C[C@H](N=[N+]=[N-])[C@@H](CO)O2)c(=O)[nH]c1=O. The highest BCUT2D eigenvalue weighted by Gasteiger charge is 2.35. The highest BCUT2D eigenvalue weighted by atomic mass is 35.5. The minimum absolute atomic E-state index is 0.265. The van der Waals surface area contributed by atoms with Crippen molar-refractivity contribution in [3.05, 3.63) is 95.8 Å². The lowest BCUT2D eigenvalue weighted by Gasteiger charge is -2.14. The van der Waals surface area contributed by atoms with Gasteiger partial charge in [0.15, 0.2) is 0 Å². The van der Waals surface area contributed by atoms with Crippen molar-refractivity contribution in [3.8, 4) is 0 Å². The van der Waals surface area contributed by atoms with Gasteiger partial charge in [-0.25, -0.2) is 4.79 Å². The number of nitrogens with zero attached hydrogens (tertiary/aromatic N) is 6. The molecule has 1 aromatic carbocycles. The van der Waals surface area contributed by atoms with Crippen molar-refractivity contribution in [2.24, 2.45) is 15.1 Å². The molecule has 2 aromatic heterocycles. The van der Waals surface area contributed by atoms with E-state index in [4.69, 9.17) is 27.0 Å². The number of azide groups is 1. The highest BCUT2D eigenvalue weighted by molar-refractivity contribution is 6.31. The summed E-state index contributed by atoms with van der Waals surface area (Å²) in [6.07, 6.45) is 2.21. The summed E-state index contributed by atoms with van der Waals surface area (Å²) < 4.78 is 6.69. The number of nitrogens with one attached hydrogen (secondary N) is 3. The van der Waals surface area contributed by atoms with E-state index in [1.807, 2.05) is 36.5 Å². The topological polar surface area (TPSA) is 186 Å². The number of aromatic nitrogens is 3. The van der Waals surface area contributed by atoms with E-state index in [1.165, 1.54) is 10.8 Å². The van der Waals surface area contributed by atoms with Gasteiger partial charge in [-0.05, 0) is 42.8 Å². The number of aryl methyl sites for hydroxylation is 1. The summed E-state index contributed by atoms with van der Waals surface area (Å²) in [4.78, 5) is 39.9. The Morgan fingerprint density at radius 2 is 2.16 bits per heavy atom. The fraction of sp³-hybridized carbons (Fsp3) is 0.333.